The van der Waals surface area contributed by atoms with Crippen LogP contribution < -0.4 is 4.74 Å². The average molecular weight is 405 g/mol. The molecule has 27 heavy (non-hydrogen) atoms. The molecule has 6 nitrogen and oxygen atoms in total. The highest BCUT2D eigenvalue weighted by atomic mass is 35.5. The van der Waals surface area contributed by atoms with Gasteiger partial charge in [0, 0.05) is 15.6 Å². The predicted octanol–water partition coefficient (Wildman–Crippen LogP) is 5.95. The van der Waals surface area contributed by atoms with Crippen LogP contribution in [0.25, 0.3) is 12.2 Å². The molecular formula is C19H14Cl2N2O4. The number of aromatic nitrogens is 1. The van der Waals surface area contributed by atoms with Gasteiger partial charge in [-0.1, -0.05) is 52.6 Å². The molecule has 8 heteroatoms. The largest absolute Gasteiger partial charge is 0.489 e. The SMILES string of the molecule is Cc1noc(C=Cc2ccc(OCc3ccc(Cl)cc3Cl)cc2)c1[N+](=O)[O-]. The third-order valence-electron chi connectivity index (χ3n) is 3.76. The van der Waals surface area contributed by atoms with E-state index >= 15 is 0 Å². The minimum absolute atomic E-state index is 0.107. The molecule has 0 fully saturated rings. The molecule has 2 aromatic carbocycles. The molecule has 0 spiro atoms. The first-order valence-electron chi connectivity index (χ1n) is 7.89. The van der Waals surface area contributed by atoms with E-state index in [0.717, 1.165) is 11.1 Å². The maximum atomic E-state index is 11.0. The number of halogens is 2. The van der Waals surface area contributed by atoms with Crippen molar-refractivity contribution in [1.29, 1.82) is 0 Å². The number of ether oxygens (including phenoxy) is 1. The van der Waals surface area contributed by atoms with E-state index in [2.05, 4.69) is 5.16 Å². The Morgan fingerprint density at radius 3 is 2.59 bits per heavy atom. The third-order valence-corrected chi connectivity index (χ3v) is 4.34. The second-order valence-corrected chi connectivity index (χ2v) is 6.51. The zero-order valence-corrected chi connectivity index (χ0v) is 15.7. The van der Waals surface area contributed by atoms with E-state index in [4.69, 9.17) is 32.5 Å². The lowest BCUT2D eigenvalue weighted by Gasteiger charge is -2.08. The summed E-state index contributed by atoms with van der Waals surface area (Å²) < 4.78 is 10.7. The van der Waals surface area contributed by atoms with Crippen LogP contribution in [0.2, 0.25) is 10.0 Å². The van der Waals surface area contributed by atoms with E-state index in [1.807, 2.05) is 18.2 Å². The van der Waals surface area contributed by atoms with Gasteiger partial charge in [-0.2, -0.15) is 0 Å². The van der Waals surface area contributed by atoms with E-state index in [1.54, 1.807) is 30.3 Å². The van der Waals surface area contributed by atoms with Gasteiger partial charge >= 0.3 is 5.69 Å². The molecule has 3 aromatic rings. The lowest BCUT2D eigenvalue weighted by molar-refractivity contribution is -0.386. The Kier molecular flexibility index (Phi) is 5.78. The Labute approximate surface area is 165 Å². The Bertz CT molecular complexity index is 997. The molecule has 0 saturated carbocycles. The second kappa shape index (κ2) is 8.24. The molecule has 0 radical (unpaired) electrons. The number of rotatable bonds is 6. The van der Waals surface area contributed by atoms with Gasteiger partial charge < -0.3 is 9.26 Å². The van der Waals surface area contributed by atoms with Gasteiger partial charge in [-0.15, -0.1) is 0 Å². The molecule has 0 N–H and O–H groups in total. The maximum absolute atomic E-state index is 11.0. The fraction of sp³-hybridized carbons (Fsp3) is 0.105. The Morgan fingerprint density at radius 2 is 1.93 bits per heavy atom. The quantitative estimate of drug-likeness (QED) is 0.374. The molecule has 1 heterocycles. The lowest BCUT2D eigenvalue weighted by Crippen LogP contribution is -1.96. The number of nitro groups is 1. The van der Waals surface area contributed by atoms with Crippen molar-refractivity contribution in [1.82, 2.24) is 5.16 Å². The van der Waals surface area contributed by atoms with Crippen LogP contribution in [0.4, 0.5) is 5.69 Å². The van der Waals surface area contributed by atoms with Gasteiger partial charge in [0.25, 0.3) is 0 Å². The molecule has 0 aliphatic carbocycles. The molecule has 0 aliphatic heterocycles. The summed E-state index contributed by atoms with van der Waals surface area (Å²) in [5.74, 6) is 0.773. The van der Waals surface area contributed by atoms with Crippen molar-refractivity contribution < 1.29 is 14.2 Å². The fourth-order valence-electron chi connectivity index (χ4n) is 2.36. The zero-order chi connectivity index (χ0) is 19.4. The second-order valence-electron chi connectivity index (χ2n) is 5.66. The summed E-state index contributed by atoms with van der Waals surface area (Å²) in [6, 6.07) is 12.5. The molecule has 0 saturated heterocycles. The van der Waals surface area contributed by atoms with Crippen LogP contribution >= 0.6 is 23.2 Å². The van der Waals surface area contributed by atoms with Crippen LogP contribution in [0.15, 0.2) is 47.0 Å². The average Bonchev–Trinajstić information content (AvgIpc) is 3.01. The van der Waals surface area contributed by atoms with E-state index in [9.17, 15) is 10.1 Å². The molecule has 0 amide bonds. The first kappa shape index (κ1) is 18.9. The smallest absolute Gasteiger partial charge is 0.338 e. The van der Waals surface area contributed by atoms with Crippen LogP contribution in [0, 0.1) is 17.0 Å². The summed E-state index contributed by atoms with van der Waals surface area (Å²) in [7, 11) is 0. The summed E-state index contributed by atoms with van der Waals surface area (Å²) >= 11 is 12.0. The summed E-state index contributed by atoms with van der Waals surface area (Å²) in [6.45, 7) is 1.84. The molecule has 0 atom stereocenters. The van der Waals surface area contributed by atoms with Crippen molar-refractivity contribution in [2.24, 2.45) is 0 Å². The number of nitrogens with zero attached hydrogens (tertiary/aromatic N) is 2. The summed E-state index contributed by atoms with van der Waals surface area (Å²) in [4.78, 5) is 10.5. The molecule has 0 bridgehead atoms. The third kappa shape index (κ3) is 4.67. The predicted molar refractivity (Wildman–Crippen MR) is 104 cm³/mol. The molecular weight excluding hydrogens is 391 g/mol. The van der Waals surface area contributed by atoms with Crippen LogP contribution in [0.1, 0.15) is 22.6 Å². The van der Waals surface area contributed by atoms with Crippen molar-refractivity contribution in [3.05, 3.63) is 85.2 Å². The zero-order valence-electron chi connectivity index (χ0n) is 14.2. The Morgan fingerprint density at radius 1 is 1.19 bits per heavy atom. The Hall–Kier alpha value is -2.83. The lowest BCUT2D eigenvalue weighted by atomic mass is 10.2. The van der Waals surface area contributed by atoms with Crippen LogP contribution in [-0.2, 0) is 6.61 Å². The normalized spacial score (nSPS) is 11.1. The highest BCUT2D eigenvalue weighted by molar-refractivity contribution is 6.35. The molecule has 3 rings (SSSR count). The summed E-state index contributed by atoms with van der Waals surface area (Å²) in [5, 5.41) is 15.8. The minimum atomic E-state index is -0.510. The molecule has 138 valence electrons. The first-order chi connectivity index (χ1) is 12.9. The van der Waals surface area contributed by atoms with Gasteiger partial charge in [0.15, 0.2) is 5.69 Å². The van der Waals surface area contributed by atoms with Crippen LogP contribution in [0.3, 0.4) is 0 Å². The maximum Gasteiger partial charge on any atom is 0.338 e. The van der Waals surface area contributed by atoms with E-state index in [0.29, 0.717) is 22.4 Å². The first-order valence-corrected chi connectivity index (χ1v) is 8.65. The van der Waals surface area contributed by atoms with Crippen molar-refractivity contribution in [2.75, 3.05) is 0 Å². The number of benzene rings is 2. The monoisotopic (exact) mass is 404 g/mol. The topological polar surface area (TPSA) is 78.4 Å². The van der Waals surface area contributed by atoms with Crippen LogP contribution in [0.5, 0.6) is 5.75 Å². The van der Waals surface area contributed by atoms with Gasteiger partial charge in [0.2, 0.25) is 5.76 Å². The van der Waals surface area contributed by atoms with Crippen molar-refractivity contribution in [3.63, 3.8) is 0 Å². The van der Waals surface area contributed by atoms with Crippen molar-refractivity contribution >= 4 is 41.0 Å². The number of hydrogen-bond donors (Lipinski definition) is 0. The van der Waals surface area contributed by atoms with Gasteiger partial charge in [-0.25, -0.2) is 0 Å². The number of aryl methyl sites for hydroxylation is 1. The Balaban J connectivity index is 1.66. The van der Waals surface area contributed by atoms with E-state index in [-0.39, 0.29) is 17.1 Å². The van der Waals surface area contributed by atoms with Crippen molar-refractivity contribution in [2.45, 2.75) is 13.5 Å². The summed E-state index contributed by atoms with van der Waals surface area (Å²) in [6.07, 6.45) is 3.22. The van der Waals surface area contributed by atoms with E-state index < -0.39 is 4.92 Å². The minimum Gasteiger partial charge on any atom is -0.489 e. The molecule has 1 aromatic heterocycles. The molecule has 0 aliphatic rings. The molecule has 0 unspecified atom stereocenters. The highest BCUT2D eigenvalue weighted by Crippen LogP contribution is 2.25. The van der Waals surface area contributed by atoms with E-state index in [1.165, 1.54) is 13.0 Å². The summed E-state index contributed by atoms with van der Waals surface area (Å²) in [5.41, 5.74) is 1.77. The van der Waals surface area contributed by atoms with Gasteiger partial charge in [-0.3, -0.25) is 10.1 Å². The van der Waals surface area contributed by atoms with Gasteiger partial charge in [0.05, 0.1) is 4.92 Å². The standard InChI is InChI=1S/C19H14Cl2N2O4/c1-12-19(23(24)25)18(27-22-12)9-4-13-2-7-16(8-3-13)26-11-14-5-6-15(20)10-17(14)21/h2-10H,11H2,1H3. The fourth-order valence-corrected chi connectivity index (χ4v) is 2.82. The highest BCUT2D eigenvalue weighted by Gasteiger charge is 2.21. The van der Waals surface area contributed by atoms with Gasteiger partial charge in [0.1, 0.15) is 12.4 Å². The van der Waals surface area contributed by atoms with Crippen LogP contribution in [-0.4, -0.2) is 10.1 Å². The number of hydrogen-bond acceptors (Lipinski definition) is 5. The van der Waals surface area contributed by atoms with Gasteiger partial charge in [-0.05, 0) is 42.8 Å². The van der Waals surface area contributed by atoms with Crippen molar-refractivity contribution in [3.8, 4) is 5.75 Å².